The van der Waals surface area contributed by atoms with Crippen molar-refractivity contribution < 1.29 is 14.3 Å². The van der Waals surface area contributed by atoms with Gasteiger partial charge in [0.05, 0.1) is 23.6 Å². The van der Waals surface area contributed by atoms with E-state index in [1.807, 2.05) is 60.7 Å². The molecule has 4 aromatic rings. The number of benzene rings is 3. The monoisotopic (exact) mass is 467 g/mol. The SMILES string of the molecule is COC[C@H]1CCCN1c1ccc2c(Oc3ccc(CC(=O)Cc4ccccc4)cc3)ncnc2c1. The van der Waals surface area contributed by atoms with Crippen molar-refractivity contribution in [2.24, 2.45) is 0 Å². The minimum Gasteiger partial charge on any atom is -0.438 e. The van der Waals surface area contributed by atoms with E-state index in [9.17, 15) is 4.79 Å². The first-order valence-electron chi connectivity index (χ1n) is 12.0. The zero-order valence-corrected chi connectivity index (χ0v) is 19.9. The molecule has 0 radical (unpaired) electrons. The number of nitrogens with zero attached hydrogens (tertiary/aromatic N) is 3. The largest absolute Gasteiger partial charge is 0.438 e. The maximum absolute atomic E-state index is 12.4. The molecule has 1 atom stereocenters. The molecule has 0 unspecified atom stereocenters. The molecule has 0 amide bonds. The van der Waals surface area contributed by atoms with Gasteiger partial charge in [-0.2, -0.15) is 0 Å². The smallest absolute Gasteiger partial charge is 0.230 e. The first-order valence-corrected chi connectivity index (χ1v) is 12.0. The molecule has 1 aliphatic rings. The molecular weight excluding hydrogens is 438 g/mol. The number of anilines is 1. The van der Waals surface area contributed by atoms with Crippen LogP contribution < -0.4 is 9.64 Å². The Kier molecular flexibility index (Phi) is 7.00. The summed E-state index contributed by atoms with van der Waals surface area (Å²) in [6.45, 7) is 1.75. The highest BCUT2D eigenvalue weighted by molar-refractivity contribution is 5.86. The first kappa shape index (κ1) is 23.0. The fraction of sp³-hybridized carbons (Fsp3) is 0.276. The van der Waals surface area contributed by atoms with Crippen molar-refractivity contribution in [3.8, 4) is 11.6 Å². The zero-order valence-electron chi connectivity index (χ0n) is 19.9. The fourth-order valence-electron chi connectivity index (χ4n) is 4.72. The Morgan fingerprint density at radius 3 is 2.51 bits per heavy atom. The summed E-state index contributed by atoms with van der Waals surface area (Å²) in [6.07, 6.45) is 4.68. The van der Waals surface area contributed by atoms with Crippen LogP contribution in [-0.4, -0.2) is 42.1 Å². The van der Waals surface area contributed by atoms with Gasteiger partial charge in [0.15, 0.2) is 0 Å². The number of carbonyl (C=O) groups excluding carboxylic acids is 1. The Bertz CT molecular complexity index is 1290. The predicted molar refractivity (Wildman–Crippen MR) is 137 cm³/mol. The van der Waals surface area contributed by atoms with Crippen molar-refractivity contribution in [2.45, 2.75) is 31.7 Å². The Balaban J connectivity index is 1.27. The zero-order chi connectivity index (χ0) is 24.0. The molecule has 6 heteroatoms. The van der Waals surface area contributed by atoms with Gasteiger partial charge >= 0.3 is 0 Å². The molecular formula is C29H29N3O3. The van der Waals surface area contributed by atoms with Crippen LogP contribution in [0.1, 0.15) is 24.0 Å². The van der Waals surface area contributed by atoms with E-state index in [0.717, 1.165) is 53.7 Å². The number of hydrogen-bond acceptors (Lipinski definition) is 6. The standard InChI is InChI=1S/C29H29N3O3/c1-34-19-24-8-5-15-32(24)23-11-14-27-28(18-23)30-20-31-29(27)35-26-12-9-22(10-13-26)17-25(33)16-21-6-3-2-4-7-21/h2-4,6-7,9-14,18,20,24H,5,8,15-17,19H2,1H3/t24-/m1/s1. The molecule has 0 bridgehead atoms. The lowest BCUT2D eigenvalue weighted by Gasteiger charge is -2.26. The molecule has 0 spiro atoms. The molecule has 1 fully saturated rings. The van der Waals surface area contributed by atoms with Crippen molar-refractivity contribution in [1.29, 1.82) is 0 Å². The summed E-state index contributed by atoms with van der Waals surface area (Å²) < 4.78 is 11.5. The van der Waals surface area contributed by atoms with E-state index in [-0.39, 0.29) is 5.78 Å². The average molecular weight is 468 g/mol. The van der Waals surface area contributed by atoms with Crippen LogP contribution in [0.5, 0.6) is 11.6 Å². The molecule has 178 valence electrons. The van der Waals surface area contributed by atoms with Crippen LogP contribution in [0.25, 0.3) is 10.9 Å². The quantitative estimate of drug-likeness (QED) is 0.329. The van der Waals surface area contributed by atoms with Crippen LogP contribution >= 0.6 is 0 Å². The van der Waals surface area contributed by atoms with E-state index in [1.54, 1.807) is 7.11 Å². The van der Waals surface area contributed by atoms with E-state index >= 15 is 0 Å². The third kappa shape index (κ3) is 5.49. The third-order valence-corrected chi connectivity index (χ3v) is 6.43. The summed E-state index contributed by atoms with van der Waals surface area (Å²) in [4.78, 5) is 23.7. The van der Waals surface area contributed by atoms with Gasteiger partial charge in [-0.05, 0) is 54.3 Å². The average Bonchev–Trinajstić information content (AvgIpc) is 3.34. The van der Waals surface area contributed by atoms with Crippen molar-refractivity contribution in [3.05, 3.63) is 90.3 Å². The van der Waals surface area contributed by atoms with Crippen LogP contribution in [0.2, 0.25) is 0 Å². The van der Waals surface area contributed by atoms with E-state index in [4.69, 9.17) is 9.47 Å². The molecule has 35 heavy (non-hydrogen) atoms. The van der Waals surface area contributed by atoms with Crippen molar-refractivity contribution >= 4 is 22.4 Å². The van der Waals surface area contributed by atoms with Crippen LogP contribution in [0, 0.1) is 0 Å². The number of methoxy groups -OCH3 is 1. The highest BCUT2D eigenvalue weighted by Gasteiger charge is 2.25. The van der Waals surface area contributed by atoms with Gasteiger partial charge in [0, 0.05) is 32.2 Å². The number of aromatic nitrogens is 2. The second-order valence-corrected chi connectivity index (χ2v) is 8.95. The molecule has 0 saturated carbocycles. The maximum atomic E-state index is 12.4. The number of Topliss-reactive ketones (excluding diaryl/α,β-unsaturated/α-hetero) is 1. The van der Waals surface area contributed by atoms with Gasteiger partial charge in [0.25, 0.3) is 0 Å². The number of carbonyl (C=O) groups is 1. The predicted octanol–water partition coefficient (Wildman–Crippen LogP) is 5.39. The van der Waals surface area contributed by atoms with Crippen molar-refractivity contribution in [2.75, 3.05) is 25.2 Å². The third-order valence-electron chi connectivity index (χ3n) is 6.43. The van der Waals surface area contributed by atoms with Gasteiger partial charge in [-0.3, -0.25) is 4.79 Å². The molecule has 0 N–H and O–H groups in total. The van der Waals surface area contributed by atoms with Gasteiger partial charge < -0.3 is 14.4 Å². The Labute approximate surface area is 205 Å². The molecule has 1 aromatic heterocycles. The maximum Gasteiger partial charge on any atom is 0.230 e. The van der Waals surface area contributed by atoms with Crippen LogP contribution in [0.4, 0.5) is 5.69 Å². The van der Waals surface area contributed by atoms with E-state index in [0.29, 0.717) is 30.5 Å². The van der Waals surface area contributed by atoms with Crippen molar-refractivity contribution in [3.63, 3.8) is 0 Å². The van der Waals surface area contributed by atoms with E-state index in [1.165, 1.54) is 6.33 Å². The fourth-order valence-corrected chi connectivity index (χ4v) is 4.72. The highest BCUT2D eigenvalue weighted by atomic mass is 16.5. The van der Waals surface area contributed by atoms with Gasteiger partial charge in [0.1, 0.15) is 17.9 Å². The number of hydrogen-bond donors (Lipinski definition) is 0. The second-order valence-electron chi connectivity index (χ2n) is 8.95. The molecule has 5 rings (SSSR count). The Morgan fingerprint density at radius 1 is 0.971 bits per heavy atom. The Morgan fingerprint density at radius 2 is 1.74 bits per heavy atom. The first-order chi connectivity index (χ1) is 17.2. The molecule has 2 heterocycles. The number of ether oxygens (including phenoxy) is 2. The number of rotatable bonds is 9. The lowest BCUT2D eigenvalue weighted by molar-refractivity contribution is -0.117. The minimum atomic E-state index is 0.188. The van der Waals surface area contributed by atoms with Crippen LogP contribution in [0.3, 0.4) is 0 Å². The molecule has 3 aromatic carbocycles. The van der Waals surface area contributed by atoms with Crippen LogP contribution in [-0.2, 0) is 22.4 Å². The highest BCUT2D eigenvalue weighted by Crippen LogP contribution is 2.32. The summed E-state index contributed by atoms with van der Waals surface area (Å²) in [5.41, 5.74) is 3.99. The number of fused-ring (bicyclic) bond motifs is 1. The minimum absolute atomic E-state index is 0.188. The van der Waals surface area contributed by atoms with Crippen LogP contribution in [0.15, 0.2) is 79.1 Å². The molecule has 0 aliphatic carbocycles. The molecule has 1 aliphatic heterocycles. The van der Waals surface area contributed by atoms with E-state index < -0.39 is 0 Å². The van der Waals surface area contributed by atoms with Crippen molar-refractivity contribution in [1.82, 2.24) is 9.97 Å². The van der Waals surface area contributed by atoms with E-state index in [2.05, 4.69) is 27.0 Å². The topological polar surface area (TPSA) is 64.6 Å². The summed E-state index contributed by atoms with van der Waals surface area (Å²) in [7, 11) is 1.75. The normalized spacial score (nSPS) is 15.5. The number of ketones is 1. The van der Waals surface area contributed by atoms with Gasteiger partial charge in [0.2, 0.25) is 5.88 Å². The summed E-state index contributed by atoms with van der Waals surface area (Å²) >= 11 is 0. The lowest BCUT2D eigenvalue weighted by Crippen LogP contribution is -2.32. The lowest BCUT2D eigenvalue weighted by atomic mass is 10.0. The van der Waals surface area contributed by atoms with Gasteiger partial charge in [-0.15, -0.1) is 0 Å². The summed E-state index contributed by atoms with van der Waals surface area (Å²) in [5.74, 6) is 1.38. The summed E-state index contributed by atoms with van der Waals surface area (Å²) in [5, 5.41) is 0.862. The second kappa shape index (κ2) is 10.7. The van der Waals surface area contributed by atoms with Gasteiger partial charge in [-0.1, -0.05) is 42.5 Å². The van der Waals surface area contributed by atoms with Gasteiger partial charge in [-0.25, -0.2) is 9.97 Å². The molecule has 1 saturated heterocycles. The summed E-state index contributed by atoms with van der Waals surface area (Å²) in [6, 6.07) is 24.1. The Hall–Kier alpha value is -3.77. The molecule has 6 nitrogen and oxygen atoms in total.